The number of hydrogen-bond acceptors (Lipinski definition) is 3. The van der Waals surface area contributed by atoms with Gasteiger partial charge in [-0.1, -0.05) is 23.9 Å². The second kappa shape index (κ2) is 6.69. The van der Waals surface area contributed by atoms with Crippen molar-refractivity contribution in [3.05, 3.63) is 65.2 Å². The number of carbonyl (C=O) groups is 1. The van der Waals surface area contributed by atoms with E-state index in [4.69, 9.17) is 0 Å². The van der Waals surface area contributed by atoms with Gasteiger partial charge in [-0.15, -0.1) is 0 Å². The van der Waals surface area contributed by atoms with E-state index in [2.05, 4.69) is 34.7 Å². The molecule has 0 radical (unpaired) electrons. The van der Waals surface area contributed by atoms with Gasteiger partial charge in [0, 0.05) is 42.1 Å². The average Bonchev–Trinajstić information content (AvgIpc) is 3.08. The highest BCUT2D eigenvalue weighted by Crippen LogP contribution is 2.24. The molecule has 0 fully saturated rings. The van der Waals surface area contributed by atoms with Crippen molar-refractivity contribution >= 4 is 17.5 Å². The van der Waals surface area contributed by atoms with Crippen molar-refractivity contribution in [2.45, 2.75) is 25.9 Å². The molecule has 0 atom stereocenters. The molecule has 3 aromatic rings. The van der Waals surface area contributed by atoms with Crippen LogP contribution in [-0.2, 0) is 7.05 Å². The van der Waals surface area contributed by atoms with Crippen LogP contribution in [-0.4, -0.2) is 25.7 Å². The lowest BCUT2D eigenvalue weighted by molar-refractivity contribution is 0.102. The van der Waals surface area contributed by atoms with Crippen LogP contribution in [0.25, 0.3) is 5.69 Å². The maximum Gasteiger partial charge on any atom is 0.175 e. The molecule has 0 saturated carbocycles. The first-order valence-corrected chi connectivity index (χ1v) is 8.85. The van der Waals surface area contributed by atoms with E-state index in [1.165, 1.54) is 17.3 Å². The first-order valence-electron chi connectivity index (χ1n) is 7.86. The Balaban J connectivity index is 1.85. The molecule has 0 bridgehead atoms. The molecule has 0 aliphatic rings. The Labute approximate surface area is 146 Å². The van der Waals surface area contributed by atoms with Crippen molar-refractivity contribution in [3.63, 3.8) is 0 Å². The minimum Gasteiger partial charge on any atom is -0.329 e. The van der Waals surface area contributed by atoms with Crippen LogP contribution in [0.4, 0.5) is 0 Å². The van der Waals surface area contributed by atoms with Gasteiger partial charge in [-0.05, 0) is 44.5 Å². The first kappa shape index (κ1) is 16.6. The Kier molecular flexibility index (Phi) is 4.62. The maximum atomic E-state index is 12.7. The highest BCUT2D eigenvalue weighted by atomic mass is 32.2. The predicted molar refractivity (Wildman–Crippen MR) is 98.2 cm³/mol. The lowest BCUT2D eigenvalue weighted by Gasteiger charge is -2.10. The summed E-state index contributed by atoms with van der Waals surface area (Å²) < 4.78 is 4.07. The zero-order chi connectivity index (χ0) is 17.3. The molecule has 0 spiro atoms. The fraction of sp³-hybridized carbons (Fsp3) is 0.263. The summed E-state index contributed by atoms with van der Waals surface area (Å²) in [7, 11) is 1.93. The first-order chi connectivity index (χ1) is 11.5. The number of rotatable bonds is 5. The third kappa shape index (κ3) is 3.17. The van der Waals surface area contributed by atoms with Gasteiger partial charge in [-0.25, -0.2) is 4.98 Å². The van der Waals surface area contributed by atoms with Gasteiger partial charge in [0.2, 0.25) is 0 Å². The van der Waals surface area contributed by atoms with E-state index < -0.39 is 0 Å². The smallest absolute Gasteiger partial charge is 0.175 e. The fourth-order valence-corrected chi connectivity index (χ4v) is 3.72. The van der Waals surface area contributed by atoms with E-state index in [0.29, 0.717) is 5.75 Å². The van der Waals surface area contributed by atoms with E-state index >= 15 is 0 Å². The van der Waals surface area contributed by atoms with Crippen molar-refractivity contribution in [1.29, 1.82) is 0 Å². The Morgan fingerprint density at radius 1 is 1.21 bits per heavy atom. The number of Topliss-reactive ketones (excluding diaryl/α,β-unsaturated/α-hetero) is 1. The summed E-state index contributed by atoms with van der Waals surface area (Å²) in [6, 6.07) is 10.3. The summed E-state index contributed by atoms with van der Waals surface area (Å²) in [6.45, 7) is 6.12. The molecule has 0 amide bonds. The summed E-state index contributed by atoms with van der Waals surface area (Å²) >= 11 is 1.47. The molecule has 2 heterocycles. The third-order valence-corrected chi connectivity index (χ3v) is 5.16. The molecule has 3 rings (SSSR count). The highest BCUT2D eigenvalue weighted by molar-refractivity contribution is 7.99. The molecule has 4 nitrogen and oxygen atoms in total. The monoisotopic (exact) mass is 339 g/mol. The summed E-state index contributed by atoms with van der Waals surface area (Å²) in [6.07, 6.45) is 3.63. The summed E-state index contributed by atoms with van der Waals surface area (Å²) in [4.78, 5) is 16.9. The minimum atomic E-state index is 0.134. The number of thioether (sulfide) groups is 1. The maximum absolute atomic E-state index is 12.7. The lowest BCUT2D eigenvalue weighted by Crippen LogP contribution is -2.06. The normalized spacial score (nSPS) is 11.0. The van der Waals surface area contributed by atoms with E-state index in [0.717, 1.165) is 27.8 Å². The van der Waals surface area contributed by atoms with Crippen molar-refractivity contribution in [2.24, 2.45) is 7.05 Å². The summed E-state index contributed by atoms with van der Waals surface area (Å²) in [5, 5.41) is 0.857. The van der Waals surface area contributed by atoms with Crippen LogP contribution in [0.5, 0.6) is 0 Å². The van der Waals surface area contributed by atoms with Gasteiger partial charge < -0.3 is 9.13 Å². The van der Waals surface area contributed by atoms with Gasteiger partial charge in [-0.2, -0.15) is 0 Å². The zero-order valence-electron chi connectivity index (χ0n) is 14.4. The molecule has 5 heteroatoms. The van der Waals surface area contributed by atoms with Crippen molar-refractivity contribution in [3.8, 4) is 5.69 Å². The minimum absolute atomic E-state index is 0.134. The average molecular weight is 339 g/mol. The van der Waals surface area contributed by atoms with Gasteiger partial charge in [0.25, 0.3) is 0 Å². The number of carbonyl (C=O) groups excluding carboxylic acids is 1. The number of nitrogens with zero attached hydrogens (tertiary/aromatic N) is 3. The fourth-order valence-electron chi connectivity index (χ4n) is 2.91. The highest BCUT2D eigenvalue weighted by Gasteiger charge is 2.17. The number of aryl methyl sites for hydroxylation is 3. The van der Waals surface area contributed by atoms with Crippen LogP contribution in [0.3, 0.4) is 0 Å². The summed E-state index contributed by atoms with van der Waals surface area (Å²) in [5.41, 5.74) is 5.15. The molecule has 1 aromatic carbocycles. The summed E-state index contributed by atoms with van der Waals surface area (Å²) in [5.74, 6) is 0.526. The van der Waals surface area contributed by atoms with E-state index in [1.54, 1.807) is 6.20 Å². The molecule has 124 valence electrons. The molecule has 0 aliphatic heterocycles. The van der Waals surface area contributed by atoms with Gasteiger partial charge >= 0.3 is 0 Å². The Morgan fingerprint density at radius 2 is 2.00 bits per heavy atom. The molecule has 0 N–H and O–H groups in total. The van der Waals surface area contributed by atoms with E-state index in [9.17, 15) is 4.79 Å². The second-order valence-electron chi connectivity index (χ2n) is 5.99. The van der Waals surface area contributed by atoms with Gasteiger partial charge in [0.05, 0.1) is 5.75 Å². The molecule has 2 aromatic heterocycles. The van der Waals surface area contributed by atoms with Crippen LogP contribution in [0.15, 0.2) is 47.9 Å². The van der Waals surface area contributed by atoms with Gasteiger partial charge in [0.1, 0.15) is 0 Å². The van der Waals surface area contributed by atoms with Crippen LogP contribution < -0.4 is 0 Å². The molecular formula is C19H21N3OS. The van der Waals surface area contributed by atoms with Crippen molar-refractivity contribution in [1.82, 2.24) is 14.1 Å². The van der Waals surface area contributed by atoms with Crippen molar-refractivity contribution in [2.75, 3.05) is 5.75 Å². The van der Waals surface area contributed by atoms with Crippen LogP contribution in [0.2, 0.25) is 0 Å². The second-order valence-corrected chi connectivity index (χ2v) is 6.93. The molecule has 0 unspecified atom stereocenters. The van der Waals surface area contributed by atoms with Crippen molar-refractivity contribution < 1.29 is 4.79 Å². The molecule has 0 aliphatic carbocycles. The third-order valence-electron chi connectivity index (χ3n) is 4.10. The van der Waals surface area contributed by atoms with E-state index in [-0.39, 0.29) is 5.78 Å². The number of hydrogen-bond donors (Lipinski definition) is 0. The van der Waals surface area contributed by atoms with Crippen LogP contribution >= 0.6 is 11.8 Å². The largest absolute Gasteiger partial charge is 0.329 e. The zero-order valence-corrected chi connectivity index (χ0v) is 15.2. The van der Waals surface area contributed by atoms with Gasteiger partial charge in [0.15, 0.2) is 10.9 Å². The molecular weight excluding hydrogens is 318 g/mol. The topological polar surface area (TPSA) is 39.8 Å². The van der Waals surface area contributed by atoms with E-state index in [1.807, 2.05) is 43.8 Å². The van der Waals surface area contributed by atoms with Crippen LogP contribution in [0.1, 0.15) is 27.3 Å². The Hall–Kier alpha value is -2.27. The quantitative estimate of drug-likeness (QED) is 0.519. The predicted octanol–water partition coefficient (Wildman–Crippen LogP) is 4.11. The number of ketones is 1. The Morgan fingerprint density at radius 3 is 2.67 bits per heavy atom. The number of imidazole rings is 1. The number of aromatic nitrogens is 3. The Bertz CT molecular complexity index is 892. The molecule has 0 saturated heterocycles. The lowest BCUT2D eigenvalue weighted by atomic mass is 10.2. The number of benzene rings is 1. The SMILES string of the molecule is Cc1cccc(-n2c(C)cc(C(=O)CSc3nccn3C)c2C)c1. The van der Waals surface area contributed by atoms with Crippen LogP contribution in [0, 0.1) is 20.8 Å². The molecule has 24 heavy (non-hydrogen) atoms. The standard InChI is InChI=1S/C19H21N3OS/c1-13-6-5-7-16(10-13)22-14(2)11-17(15(22)3)18(23)12-24-19-20-8-9-21(19)4/h5-11H,12H2,1-4H3. The van der Waals surface area contributed by atoms with Gasteiger partial charge in [-0.3, -0.25) is 4.79 Å².